The van der Waals surface area contributed by atoms with Gasteiger partial charge in [0.15, 0.2) is 0 Å². The third-order valence-corrected chi connectivity index (χ3v) is 7.77. The third-order valence-electron chi connectivity index (χ3n) is 7.54. The molecule has 45 heavy (non-hydrogen) atoms. The summed E-state index contributed by atoms with van der Waals surface area (Å²) < 4.78 is 45.9. The van der Waals surface area contributed by atoms with E-state index in [1.165, 1.54) is 28.2 Å². The van der Waals surface area contributed by atoms with Gasteiger partial charge < -0.3 is 20.3 Å². The Labute approximate surface area is 263 Å². The second-order valence-corrected chi connectivity index (χ2v) is 11.1. The Morgan fingerprint density at radius 1 is 1.00 bits per heavy atom. The lowest BCUT2D eigenvalue weighted by Gasteiger charge is -2.37. The minimum Gasteiger partial charge on any atom is -0.489 e. The molecule has 2 atom stereocenters. The van der Waals surface area contributed by atoms with Gasteiger partial charge in [-0.25, -0.2) is 9.59 Å². The molecule has 3 aromatic carbocycles. The molecule has 2 aliphatic rings. The molecule has 0 radical (unpaired) electrons. The number of halogens is 4. The molecule has 1 amide bonds. The molecule has 5 rings (SSSR count). The Morgan fingerprint density at radius 3 is 2.44 bits per heavy atom. The van der Waals surface area contributed by atoms with Crippen molar-refractivity contribution in [2.45, 2.75) is 43.8 Å². The number of carbonyl (C=O) groups excluding carboxylic acids is 1. The number of carboxylic acid groups (broad SMARTS) is 2. The fraction of sp³-hybridized carbons (Fsp3) is 0.303. The van der Waals surface area contributed by atoms with Crippen LogP contribution >= 0.6 is 11.6 Å². The summed E-state index contributed by atoms with van der Waals surface area (Å²) in [6.45, 7) is 1.71. The van der Waals surface area contributed by atoms with Gasteiger partial charge in [0, 0.05) is 29.3 Å². The summed E-state index contributed by atoms with van der Waals surface area (Å²) in [5.41, 5.74) is 2.38. The lowest BCUT2D eigenvalue weighted by Crippen LogP contribution is -2.48. The van der Waals surface area contributed by atoms with E-state index in [2.05, 4.69) is 29.6 Å². The topological polar surface area (TPSA) is 116 Å². The number of carboxylic acids is 2. The molecular weight excluding hydrogens is 613 g/mol. The van der Waals surface area contributed by atoms with E-state index < -0.39 is 29.6 Å². The fourth-order valence-electron chi connectivity index (χ4n) is 5.47. The molecular formula is C33H32ClF3N2O6. The Kier molecular flexibility index (Phi) is 11.2. The highest BCUT2D eigenvalue weighted by Crippen LogP contribution is 2.38. The number of hydrogen-bond acceptors (Lipinski definition) is 5. The van der Waals surface area contributed by atoms with E-state index in [9.17, 15) is 27.6 Å². The van der Waals surface area contributed by atoms with Crippen LogP contribution in [0, 0.1) is 0 Å². The van der Waals surface area contributed by atoms with Crippen molar-refractivity contribution in [3.63, 3.8) is 0 Å². The maximum atomic E-state index is 13.6. The quantitative estimate of drug-likeness (QED) is 0.187. The van der Waals surface area contributed by atoms with Crippen LogP contribution in [-0.4, -0.2) is 53.8 Å². The van der Waals surface area contributed by atoms with Gasteiger partial charge in [-0.3, -0.25) is 9.69 Å². The number of anilines is 1. The van der Waals surface area contributed by atoms with E-state index in [0.717, 1.165) is 37.9 Å². The monoisotopic (exact) mass is 644 g/mol. The predicted octanol–water partition coefficient (Wildman–Crippen LogP) is 6.58. The molecule has 0 bridgehead atoms. The van der Waals surface area contributed by atoms with Gasteiger partial charge in [0.1, 0.15) is 12.4 Å². The first-order valence-electron chi connectivity index (χ1n) is 14.3. The summed E-state index contributed by atoms with van der Waals surface area (Å²) in [6, 6.07) is 17.7. The van der Waals surface area contributed by atoms with E-state index in [1.54, 1.807) is 18.2 Å². The number of aryl methyl sites for hydroxylation is 1. The van der Waals surface area contributed by atoms with E-state index in [1.807, 2.05) is 0 Å². The van der Waals surface area contributed by atoms with Crippen LogP contribution < -0.4 is 15.0 Å². The highest BCUT2D eigenvalue weighted by atomic mass is 35.5. The summed E-state index contributed by atoms with van der Waals surface area (Å²) in [7, 11) is 0. The molecule has 3 aromatic rings. The Morgan fingerprint density at radius 2 is 1.73 bits per heavy atom. The molecule has 0 aromatic heterocycles. The van der Waals surface area contributed by atoms with Crippen molar-refractivity contribution in [1.29, 1.82) is 0 Å². The molecule has 238 valence electrons. The number of amides is 1. The second kappa shape index (κ2) is 15.1. The van der Waals surface area contributed by atoms with E-state index in [4.69, 9.17) is 26.6 Å². The molecule has 0 fully saturated rings. The molecule has 1 aliphatic heterocycles. The van der Waals surface area contributed by atoms with Crippen molar-refractivity contribution in [3.8, 4) is 5.75 Å². The van der Waals surface area contributed by atoms with Crippen molar-refractivity contribution < 1.29 is 42.5 Å². The van der Waals surface area contributed by atoms with Crippen LogP contribution in [0.3, 0.4) is 0 Å². The number of ether oxygens (including phenoxy) is 1. The number of benzene rings is 3. The summed E-state index contributed by atoms with van der Waals surface area (Å²) in [6.07, 6.45) is 0.555. The van der Waals surface area contributed by atoms with Gasteiger partial charge in [-0.1, -0.05) is 41.9 Å². The van der Waals surface area contributed by atoms with Crippen molar-refractivity contribution in [2.75, 3.05) is 24.6 Å². The molecule has 2 unspecified atom stereocenters. The van der Waals surface area contributed by atoms with Gasteiger partial charge in [-0.15, -0.1) is 0 Å². The molecule has 8 nitrogen and oxygen atoms in total. The third kappa shape index (κ3) is 9.09. The molecule has 1 aliphatic carbocycles. The average molecular weight is 645 g/mol. The first kappa shape index (κ1) is 33.5. The number of aliphatic carboxylic acids is 2. The highest BCUT2D eigenvalue weighted by Gasteiger charge is 2.35. The Hall–Kier alpha value is -4.35. The largest absolute Gasteiger partial charge is 0.489 e. The van der Waals surface area contributed by atoms with Gasteiger partial charge in [-0.2, -0.15) is 13.2 Å². The summed E-state index contributed by atoms with van der Waals surface area (Å²) in [5, 5.41) is 19.6. The number of fused-ring (bicyclic) bond motifs is 2. The lowest BCUT2D eigenvalue weighted by atomic mass is 9.83. The molecule has 0 saturated carbocycles. The number of hydrogen-bond donors (Lipinski definition) is 3. The highest BCUT2D eigenvalue weighted by molar-refractivity contribution is 6.31. The second-order valence-electron chi connectivity index (χ2n) is 10.6. The number of carbonyl (C=O) groups is 3. The molecule has 3 N–H and O–H groups in total. The Balaban J connectivity index is 0.000000510. The first-order valence-corrected chi connectivity index (χ1v) is 14.7. The zero-order valence-electron chi connectivity index (χ0n) is 24.1. The molecule has 12 heteroatoms. The maximum Gasteiger partial charge on any atom is 0.416 e. The number of rotatable bonds is 8. The van der Waals surface area contributed by atoms with Crippen LogP contribution in [0.1, 0.15) is 52.2 Å². The maximum absolute atomic E-state index is 13.6. The average Bonchev–Trinajstić information content (AvgIpc) is 3.01. The van der Waals surface area contributed by atoms with Gasteiger partial charge in [0.05, 0.1) is 17.3 Å². The van der Waals surface area contributed by atoms with Crippen LogP contribution in [-0.2, 0) is 22.2 Å². The predicted molar refractivity (Wildman–Crippen MR) is 163 cm³/mol. The molecule has 0 spiro atoms. The van der Waals surface area contributed by atoms with Crippen molar-refractivity contribution in [2.24, 2.45) is 0 Å². The number of nitrogens with one attached hydrogen (secondary N) is 1. The summed E-state index contributed by atoms with van der Waals surface area (Å²) in [4.78, 5) is 34.3. The van der Waals surface area contributed by atoms with Gasteiger partial charge in [0.25, 0.3) is 5.91 Å². The van der Waals surface area contributed by atoms with E-state index in [-0.39, 0.29) is 18.2 Å². The standard InChI is InChI=1S/C29H28ClF3N2O2.C4H4O4/c30-23-11-12-27-26(16-23)35(28(36)20-7-4-9-22(15-20)29(31,32)33)24(18-37-27)13-14-34-17-21-8-3-6-19-5-1-2-10-25(19)21;5-3(6)1-2-4(7)8/h1-2,4-5,7,9-12,15-16,21,24,34H,3,6,8,13-14,17-18H2;1-2H,(H,5,6)(H,7,8). The van der Waals surface area contributed by atoms with Crippen molar-refractivity contribution in [3.05, 3.63) is 106 Å². The van der Waals surface area contributed by atoms with Gasteiger partial charge >= 0.3 is 18.1 Å². The summed E-state index contributed by atoms with van der Waals surface area (Å²) >= 11 is 6.22. The smallest absolute Gasteiger partial charge is 0.416 e. The van der Waals surface area contributed by atoms with Crippen molar-refractivity contribution >= 4 is 35.1 Å². The fourth-order valence-corrected chi connectivity index (χ4v) is 5.63. The Bertz CT molecular complexity index is 1550. The minimum atomic E-state index is -4.54. The zero-order valence-corrected chi connectivity index (χ0v) is 24.9. The first-order chi connectivity index (χ1) is 21.4. The summed E-state index contributed by atoms with van der Waals surface area (Å²) in [5.74, 6) is -2.10. The van der Waals surface area contributed by atoms with E-state index in [0.29, 0.717) is 47.5 Å². The normalized spacial score (nSPS) is 17.4. The SMILES string of the molecule is O=C(O)C=CC(=O)O.O=C(c1cccc(C(F)(F)F)c1)N1c2cc(Cl)ccc2OCC1CCNCC1CCCc2ccccc21. The van der Waals surface area contributed by atoms with Gasteiger partial charge in [-0.05, 0) is 85.7 Å². The number of alkyl halides is 3. The van der Waals surface area contributed by atoms with Crippen molar-refractivity contribution in [1.82, 2.24) is 5.32 Å². The molecule has 1 heterocycles. The zero-order chi connectivity index (χ0) is 32.6. The number of nitrogens with zero attached hydrogens (tertiary/aromatic N) is 1. The van der Waals surface area contributed by atoms with Crippen LogP contribution in [0.5, 0.6) is 5.75 Å². The minimum absolute atomic E-state index is 0.0283. The van der Waals surface area contributed by atoms with Crippen LogP contribution in [0.4, 0.5) is 18.9 Å². The molecule has 0 saturated heterocycles. The lowest BCUT2D eigenvalue weighted by molar-refractivity contribution is -0.137. The van der Waals surface area contributed by atoms with Crippen LogP contribution in [0.15, 0.2) is 78.9 Å². The van der Waals surface area contributed by atoms with Crippen LogP contribution in [0.2, 0.25) is 5.02 Å². The van der Waals surface area contributed by atoms with E-state index >= 15 is 0 Å². The van der Waals surface area contributed by atoms with Crippen LogP contribution in [0.25, 0.3) is 0 Å². The van der Waals surface area contributed by atoms with Gasteiger partial charge in [0.2, 0.25) is 0 Å².